The molecule has 5 N–H and O–H groups in total. The molecule has 4 atom stereocenters. The van der Waals surface area contributed by atoms with E-state index >= 15 is 0 Å². The number of nitrogens with one attached hydrogen (secondary N) is 3. The van der Waals surface area contributed by atoms with E-state index in [0.29, 0.717) is 19.3 Å². The highest BCUT2D eigenvalue weighted by Gasteiger charge is 2.38. The third-order valence-electron chi connectivity index (χ3n) is 6.52. The fourth-order valence-electron chi connectivity index (χ4n) is 4.57. The molecule has 0 aromatic heterocycles. The summed E-state index contributed by atoms with van der Waals surface area (Å²) in [6.45, 7) is 3.93. The Hall–Kier alpha value is -1.73. The van der Waals surface area contributed by atoms with Gasteiger partial charge in [0, 0.05) is 6.42 Å². The molecule has 0 radical (unpaired) electrons. The smallest absolute Gasteiger partial charge is 0.297 e. The molecule has 8 nitrogen and oxygen atoms in total. The minimum Gasteiger partial charge on any atom is -0.379 e. The number of hydrogen-bond acceptors (Lipinski definition) is 4. The van der Waals surface area contributed by atoms with Gasteiger partial charge in [0.05, 0.1) is 6.04 Å². The molecule has 1 aromatic carbocycles. The topological polar surface area (TPSA) is 128 Å². The van der Waals surface area contributed by atoms with Gasteiger partial charge in [0.15, 0.2) is 5.85 Å². The standard InChI is InChI=1S/C25H42N3O5P/c1-18(2)16-21(27-23(29)15-14-19-10-6-4-7-11-19)24(30)28-22(25(31)34(32,33)26-3)17-20-12-8-5-9-13-20/h4,6-7,10-11,18,20-22,25,31H,5,8-9,12-17H2,1-3H3,(H,27,29)(H,28,30)(H2,26,32,33)/t21-,22-,25?/m0/s1. The molecule has 2 unspecified atom stereocenters. The Balaban J connectivity index is 2.07. The van der Waals surface area contributed by atoms with Crippen LogP contribution in [0.4, 0.5) is 0 Å². The van der Waals surface area contributed by atoms with Gasteiger partial charge in [-0.25, -0.2) is 5.09 Å². The summed E-state index contributed by atoms with van der Waals surface area (Å²) in [6, 6.07) is 8.02. The molecular weight excluding hydrogens is 453 g/mol. The van der Waals surface area contributed by atoms with Crippen molar-refractivity contribution in [3.8, 4) is 0 Å². The Labute approximate surface area is 203 Å². The third-order valence-corrected chi connectivity index (χ3v) is 8.24. The average Bonchev–Trinajstić information content (AvgIpc) is 2.82. The number of aryl methyl sites for hydroxylation is 1. The van der Waals surface area contributed by atoms with E-state index in [1.165, 1.54) is 7.05 Å². The summed E-state index contributed by atoms with van der Waals surface area (Å²) < 4.78 is 12.5. The molecule has 1 saturated carbocycles. The minimum atomic E-state index is -4.07. The Kier molecular flexibility index (Phi) is 11.7. The monoisotopic (exact) mass is 495 g/mol. The summed E-state index contributed by atoms with van der Waals surface area (Å²) in [5, 5.41) is 18.6. The first-order chi connectivity index (χ1) is 16.1. The molecule has 0 saturated heterocycles. The van der Waals surface area contributed by atoms with Crippen molar-refractivity contribution in [2.45, 2.75) is 89.6 Å². The molecule has 1 fully saturated rings. The lowest BCUT2D eigenvalue weighted by Gasteiger charge is -2.33. The van der Waals surface area contributed by atoms with E-state index in [0.717, 1.165) is 37.7 Å². The fourth-order valence-corrected chi connectivity index (χ4v) is 5.52. The second-order valence-electron chi connectivity index (χ2n) is 9.85. The lowest BCUT2D eigenvalue weighted by atomic mass is 9.85. The van der Waals surface area contributed by atoms with Gasteiger partial charge < -0.3 is 20.6 Å². The Morgan fingerprint density at radius 2 is 1.74 bits per heavy atom. The van der Waals surface area contributed by atoms with Crippen molar-refractivity contribution in [1.82, 2.24) is 15.7 Å². The predicted octanol–water partition coefficient (Wildman–Crippen LogP) is 3.33. The molecule has 2 rings (SSSR count). The first-order valence-corrected chi connectivity index (χ1v) is 14.2. The lowest BCUT2D eigenvalue weighted by molar-refractivity contribution is -0.130. The Morgan fingerprint density at radius 3 is 2.32 bits per heavy atom. The zero-order valence-corrected chi connectivity index (χ0v) is 21.6. The molecule has 9 heteroatoms. The molecule has 1 aromatic rings. The molecule has 1 aliphatic rings. The maximum absolute atomic E-state index is 13.2. The summed E-state index contributed by atoms with van der Waals surface area (Å²) in [6.07, 6.45) is 6.95. The number of benzene rings is 1. The van der Waals surface area contributed by atoms with Crippen molar-refractivity contribution >= 4 is 19.3 Å². The molecule has 192 valence electrons. The van der Waals surface area contributed by atoms with Crippen LogP contribution in [0.15, 0.2) is 30.3 Å². The maximum Gasteiger partial charge on any atom is 0.297 e. The predicted molar refractivity (Wildman–Crippen MR) is 134 cm³/mol. The summed E-state index contributed by atoms with van der Waals surface area (Å²) in [4.78, 5) is 36.0. The number of carbonyl (C=O) groups is 2. The van der Waals surface area contributed by atoms with Gasteiger partial charge in [-0.15, -0.1) is 0 Å². The Bertz CT molecular complexity index is 814. The first-order valence-electron chi connectivity index (χ1n) is 12.5. The Morgan fingerprint density at radius 1 is 1.09 bits per heavy atom. The van der Waals surface area contributed by atoms with E-state index in [4.69, 9.17) is 0 Å². The minimum absolute atomic E-state index is 0.146. The summed E-state index contributed by atoms with van der Waals surface area (Å²) >= 11 is 0. The zero-order valence-electron chi connectivity index (χ0n) is 20.7. The average molecular weight is 496 g/mol. The molecule has 2 amide bonds. The van der Waals surface area contributed by atoms with Crippen LogP contribution in [-0.4, -0.2) is 46.8 Å². The van der Waals surface area contributed by atoms with Crippen molar-refractivity contribution in [2.24, 2.45) is 11.8 Å². The van der Waals surface area contributed by atoms with Crippen LogP contribution < -0.4 is 15.7 Å². The summed E-state index contributed by atoms with van der Waals surface area (Å²) in [5.41, 5.74) is 1.05. The molecule has 0 spiro atoms. The second kappa shape index (κ2) is 14.0. The highest BCUT2D eigenvalue weighted by atomic mass is 31.2. The number of aliphatic hydroxyl groups excluding tert-OH is 1. The van der Waals surface area contributed by atoms with Crippen LogP contribution in [-0.2, 0) is 20.6 Å². The van der Waals surface area contributed by atoms with Crippen LogP contribution in [0.2, 0.25) is 0 Å². The zero-order chi connectivity index (χ0) is 25.1. The van der Waals surface area contributed by atoms with Crippen molar-refractivity contribution in [3.63, 3.8) is 0 Å². The van der Waals surface area contributed by atoms with E-state index < -0.39 is 31.4 Å². The van der Waals surface area contributed by atoms with E-state index in [1.54, 1.807) is 0 Å². The first kappa shape index (κ1) is 28.5. The van der Waals surface area contributed by atoms with Gasteiger partial charge in [0.2, 0.25) is 11.8 Å². The van der Waals surface area contributed by atoms with Gasteiger partial charge in [-0.3, -0.25) is 14.2 Å². The second-order valence-corrected chi connectivity index (χ2v) is 12.1. The number of amides is 2. The quantitative estimate of drug-likeness (QED) is 0.267. The van der Waals surface area contributed by atoms with E-state index in [2.05, 4.69) is 15.7 Å². The third kappa shape index (κ3) is 9.49. The van der Waals surface area contributed by atoms with Crippen LogP contribution in [0.3, 0.4) is 0 Å². The molecular formula is C25H42N3O5P. The highest BCUT2D eigenvalue weighted by Crippen LogP contribution is 2.43. The molecule has 0 heterocycles. The summed E-state index contributed by atoms with van der Waals surface area (Å²) in [5.74, 6) is -1.87. The van der Waals surface area contributed by atoms with Crippen molar-refractivity contribution in [2.75, 3.05) is 7.05 Å². The molecule has 1 aliphatic carbocycles. The molecule has 34 heavy (non-hydrogen) atoms. The van der Waals surface area contributed by atoms with Crippen molar-refractivity contribution in [3.05, 3.63) is 35.9 Å². The SMILES string of the molecule is CNP(=O)(O)C(O)[C@H](CC1CCCCC1)NC(=O)[C@H](CC(C)C)NC(=O)CCc1ccccc1. The fraction of sp³-hybridized carbons (Fsp3) is 0.680. The molecule has 0 aliphatic heterocycles. The number of aliphatic hydroxyl groups is 1. The van der Waals surface area contributed by atoms with Gasteiger partial charge in [0.25, 0.3) is 7.52 Å². The maximum atomic E-state index is 13.2. The van der Waals surface area contributed by atoms with Crippen LogP contribution in [0.1, 0.15) is 70.8 Å². The molecule has 0 bridgehead atoms. The van der Waals surface area contributed by atoms with E-state index in [9.17, 15) is 24.2 Å². The largest absolute Gasteiger partial charge is 0.379 e. The van der Waals surface area contributed by atoms with Crippen LogP contribution in [0.25, 0.3) is 0 Å². The van der Waals surface area contributed by atoms with Gasteiger partial charge in [-0.05, 0) is 43.7 Å². The van der Waals surface area contributed by atoms with Crippen molar-refractivity contribution < 1.29 is 24.2 Å². The summed E-state index contributed by atoms with van der Waals surface area (Å²) in [7, 11) is -2.75. The number of carbonyl (C=O) groups excluding carboxylic acids is 2. The van der Waals surface area contributed by atoms with Gasteiger partial charge in [0.1, 0.15) is 6.04 Å². The lowest BCUT2D eigenvalue weighted by Crippen LogP contribution is -2.53. The van der Waals surface area contributed by atoms with Crippen molar-refractivity contribution in [1.29, 1.82) is 0 Å². The van der Waals surface area contributed by atoms with Gasteiger partial charge >= 0.3 is 0 Å². The normalized spacial score (nSPS) is 19.1. The number of hydrogen-bond donors (Lipinski definition) is 5. The highest BCUT2D eigenvalue weighted by molar-refractivity contribution is 7.56. The van der Waals surface area contributed by atoms with E-state index in [1.807, 2.05) is 44.2 Å². The number of rotatable bonds is 13. The van der Waals surface area contributed by atoms with Crippen LogP contribution in [0, 0.1) is 11.8 Å². The van der Waals surface area contributed by atoms with Gasteiger partial charge in [-0.1, -0.05) is 76.3 Å². The van der Waals surface area contributed by atoms with Crippen LogP contribution >= 0.6 is 7.52 Å². The van der Waals surface area contributed by atoms with Crippen LogP contribution in [0.5, 0.6) is 0 Å². The van der Waals surface area contributed by atoms with Gasteiger partial charge in [-0.2, -0.15) is 0 Å². The van der Waals surface area contributed by atoms with E-state index in [-0.39, 0.29) is 24.2 Å².